The third-order valence-electron chi connectivity index (χ3n) is 5.21. The molecule has 0 spiro atoms. The molecule has 4 heterocycles. The van der Waals surface area contributed by atoms with E-state index in [0.29, 0.717) is 29.0 Å². The Bertz CT molecular complexity index is 1430. The first-order chi connectivity index (χ1) is 15.5. The minimum absolute atomic E-state index is 0.373. The van der Waals surface area contributed by atoms with Crippen molar-refractivity contribution in [1.29, 1.82) is 0 Å². The number of aryl methyl sites for hydroxylation is 2. The summed E-state index contributed by atoms with van der Waals surface area (Å²) in [6.45, 7) is 1.74. The number of hydrogen-bond acceptors (Lipinski definition) is 9. The number of anilines is 3. The zero-order valence-electron chi connectivity index (χ0n) is 18.0. The molecule has 11 nitrogen and oxygen atoms in total. The van der Waals surface area contributed by atoms with Crippen LogP contribution < -0.4 is 15.4 Å². The van der Waals surface area contributed by atoms with E-state index in [1.54, 1.807) is 28.1 Å². The van der Waals surface area contributed by atoms with Gasteiger partial charge in [-0.15, -0.1) is 5.10 Å². The molecule has 0 aliphatic heterocycles. The summed E-state index contributed by atoms with van der Waals surface area (Å²) in [6, 6.07) is 10.1. The number of ether oxygens (including phenoxy) is 1. The molecule has 0 saturated carbocycles. The predicted molar refractivity (Wildman–Crippen MR) is 119 cm³/mol. The Labute approximate surface area is 183 Å². The van der Waals surface area contributed by atoms with Crippen LogP contribution in [0.25, 0.3) is 28.0 Å². The van der Waals surface area contributed by atoms with E-state index in [4.69, 9.17) is 14.9 Å². The van der Waals surface area contributed by atoms with E-state index < -0.39 is 0 Å². The first-order valence-electron chi connectivity index (χ1n) is 9.80. The zero-order chi connectivity index (χ0) is 22.4. The molecule has 0 amide bonds. The third kappa shape index (κ3) is 3.11. The Kier molecular flexibility index (Phi) is 4.51. The first kappa shape index (κ1) is 19.5. The van der Waals surface area contributed by atoms with Gasteiger partial charge in [-0.2, -0.15) is 10.2 Å². The molecule has 0 aliphatic rings. The minimum atomic E-state index is 0.373. The van der Waals surface area contributed by atoms with Crippen LogP contribution in [0.5, 0.6) is 5.75 Å². The van der Waals surface area contributed by atoms with Crippen molar-refractivity contribution >= 4 is 23.0 Å². The van der Waals surface area contributed by atoms with E-state index >= 15 is 0 Å². The highest BCUT2D eigenvalue weighted by atomic mass is 16.5. The SMILES string of the molecule is COc1cc(-c2cc(-c3ccn(C)n3)n3ncnc(N)c23)ccc1N(C)c1nnc(C)o1. The van der Waals surface area contributed by atoms with Crippen molar-refractivity contribution in [1.82, 2.24) is 34.6 Å². The van der Waals surface area contributed by atoms with Crippen molar-refractivity contribution < 1.29 is 9.15 Å². The number of nitrogen functional groups attached to an aromatic ring is 1. The van der Waals surface area contributed by atoms with Crippen molar-refractivity contribution in [3.05, 3.63) is 48.7 Å². The second-order valence-corrected chi connectivity index (χ2v) is 7.27. The highest BCUT2D eigenvalue weighted by Gasteiger charge is 2.20. The first-order valence-corrected chi connectivity index (χ1v) is 9.80. The molecule has 0 saturated heterocycles. The second-order valence-electron chi connectivity index (χ2n) is 7.27. The molecular weight excluding hydrogens is 410 g/mol. The maximum Gasteiger partial charge on any atom is 0.322 e. The molecule has 0 atom stereocenters. The number of hydrogen-bond donors (Lipinski definition) is 1. The van der Waals surface area contributed by atoms with Crippen molar-refractivity contribution in [3.8, 4) is 28.3 Å². The Balaban J connectivity index is 1.66. The van der Waals surface area contributed by atoms with E-state index in [1.165, 1.54) is 6.33 Å². The van der Waals surface area contributed by atoms with Crippen LogP contribution >= 0.6 is 0 Å². The number of fused-ring (bicyclic) bond motifs is 1. The summed E-state index contributed by atoms with van der Waals surface area (Å²) in [4.78, 5) is 5.96. The van der Waals surface area contributed by atoms with Crippen LogP contribution in [0.2, 0.25) is 0 Å². The molecular formula is C21H21N9O2. The molecule has 0 unspecified atom stereocenters. The lowest BCUT2D eigenvalue weighted by Gasteiger charge is -2.18. The van der Waals surface area contributed by atoms with E-state index in [1.807, 2.05) is 50.6 Å². The average Bonchev–Trinajstić information content (AvgIpc) is 3.51. The smallest absolute Gasteiger partial charge is 0.322 e. The minimum Gasteiger partial charge on any atom is -0.495 e. The number of benzene rings is 1. The standard InChI is InChI=1S/C21H21N9O2/c1-12-25-26-21(32-12)29(3)16-6-5-13(9-18(16)31-4)14-10-17(15-7-8-28(2)27-15)30-19(14)20(22)23-11-24-30/h5-11H,1-4H3,(H2,22,23,24). The van der Waals surface area contributed by atoms with Crippen molar-refractivity contribution in [2.45, 2.75) is 6.92 Å². The Hall–Kier alpha value is -4.41. The van der Waals surface area contributed by atoms with Crippen LogP contribution in [0, 0.1) is 6.92 Å². The lowest BCUT2D eigenvalue weighted by molar-refractivity contribution is 0.415. The van der Waals surface area contributed by atoms with Gasteiger partial charge in [-0.1, -0.05) is 11.2 Å². The van der Waals surface area contributed by atoms with Gasteiger partial charge in [0.15, 0.2) is 5.82 Å². The van der Waals surface area contributed by atoms with Crippen LogP contribution in [0.4, 0.5) is 17.5 Å². The van der Waals surface area contributed by atoms with Gasteiger partial charge in [0, 0.05) is 32.8 Å². The molecule has 1 aromatic carbocycles. The second kappa shape index (κ2) is 7.38. The Morgan fingerprint density at radius 2 is 2.00 bits per heavy atom. The van der Waals surface area contributed by atoms with Gasteiger partial charge in [0.05, 0.1) is 18.5 Å². The predicted octanol–water partition coefficient (Wildman–Crippen LogP) is 2.85. The van der Waals surface area contributed by atoms with Crippen LogP contribution in [-0.4, -0.2) is 48.7 Å². The van der Waals surface area contributed by atoms with Crippen LogP contribution in [-0.2, 0) is 7.05 Å². The fourth-order valence-electron chi connectivity index (χ4n) is 3.67. The summed E-state index contributed by atoms with van der Waals surface area (Å²) in [5.74, 6) is 1.49. The molecule has 4 aromatic heterocycles. The number of nitrogens with zero attached hydrogens (tertiary/aromatic N) is 8. The third-order valence-corrected chi connectivity index (χ3v) is 5.21. The maximum absolute atomic E-state index is 6.25. The van der Waals surface area contributed by atoms with E-state index in [-0.39, 0.29) is 0 Å². The molecule has 32 heavy (non-hydrogen) atoms. The topological polar surface area (TPSA) is 125 Å². The number of methoxy groups -OCH3 is 1. The van der Waals surface area contributed by atoms with Gasteiger partial charge < -0.3 is 14.9 Å². The molecule has 11 heteroatoms. The molecule has 2 N–H and O–H groups in total. The normalized spacial score (nSPS) is 11.2. The van der Waals surface area contributed by atoms with Gasteiger partial charge in [0.25, 0.3) is 0 Å². The van der Waals surface area contributed by atoms with E-state index in [9.17, 15) is 0 Å². The Morgan fingerprint density at radius 3 is 2.69 bits per heavy atom. The van der Waals surface area contributed by atoms with E-state index in [0.717, 1.165) is 28.2 Å². The average molecular weight is 431 g/mol. The number of rotatable bonds is 5. The van der Waals surface area contributed by atoms with E-state index in [2.05, 4.69) is 25.4 Å². The van der Waals surface area contributed by atoms with Gasteiger partial charge in [0.1, 0.15) is 23.3 Å². The summed E-state index contributed by atoms with van der Waals surface area (Å²) < 4.78 is 14.7. The summed E-state index contributed by atoms with van der Waals surface area (Å²) in [5, 5.41) is 16.9. The van der Waals surface area contributed by atoms with Gasteiger partial charge in [-0.05, 0) is 29.8 Å². The summed E-state index contributed by atoms with van der Waals surface area (Å²) in [7, 11) is 5.32. The summed E-state index contributed by atoms with van der Waals surface area (Å²) in [6.07, 6.45) is 3.31. The van der Waals surface area contributed by atoms with Crippen molar-refractivity contribution in [2.24, 2.45) is 7.05 Å². The molecule has 0 radical (unpaired) electrons. The highest BCUT2D eigenvalue weighted by Crippen LogP contribution is 2.39. The quantitative estimate of drug-likeness (QED) is 0.447. The van der Waals surface area contributed by atoms with Crippen LogP contribution in [0.15, 0.2) is 47.3 Å². The largest absolute Gasteiger partial charge is 0.495 e. The zero-order valence-corrected chi connectivity index (χ0v) is 18.0. The Morgan fingerprint density at radius 1 is 1.16 bits per heavy atom. The molecule has 162 valence electrons. The highest BCUT2D eigenvalue weighted by molar-refractivity contribution is 5.92. The fourth-order valence-corrected chi connectivity index (χ4v) is 3.67. The van der Waals surface area contributed by atoms with Crippen LogP contribution in [0.1, 0.15) is 5.89 Å². The molecule has 0 bridgehead atoms. The van der Waals surface area contributed by atoms with Gasteiger partial charge in [0.2, 0.25) is 5.89 Å². The molecule has 0 aliphatic carbocycles. The molecule has 5 rings (SSSR count). The number of nitrogens with two attached hydrogens (primary N) is 1. The molecule has 0 fully saturated rings. The lowest BCUT2D eigenvalue weighted by Crippen LogP contribution is -2.11. The van der Waals surface area contributed by atoms with Gasteiger partial charge in [-0.25, -0.2) is 9.50 Å². The van der Waals surface area contributed by atoms with Gasteiger partial charge in [-0.3, -0.25) is 9.58 Å². The number of aromatic nitrogens is 7. The maximum atomic E-state index is 6.25. The van der Waals surface area contributed by atoms with Crippen molar-refractivity contribution in [2.75, 3.05) is 24.8 Å². The molecule has 5 aromatic rings. The summed E-state index contributed by atoms with van der Waals surface area (Å²) in [5.41, 5.74) is 11.1. The van der Waals surface area contributed by atoms with Gasteiger partial charge >= 0.3 is 6.01 Å². The monoisotopic (exact) mass is 431 g/mol. The van der Waals surface area contributed by atoms with Crippen LogP contribution in [0.3, 0.4) is 0 Å². The summed E-state index contributed by atoms with van der Waals surface area (Å²) >= 11 is 0. The fraction of sp³-hybridized carbons (Fsp3) is 0.190. The lowest BCUT2D eigenvalue weighted by atomic mass is 10.0. The van der Waals surface area contributed by atoms with Crippen molar-refractivity contribution in [3.63, 3.8) is 0 Å².